The molecule has 1 saturated heterocycles. The van der Waals surface area contributed by atoms with Crippen LogP contribution in [0.5, 0.6) is 0 Å². The van der Waals surface area contributed by atoms with Crippen LogP contribution in [0.1, 0.15) is 71.6 Å². The number of nitrogens with zero attached hydrogens (tertiary/aromatic N) is 1. The summed E-state index contributed by atoms with van der Waals surface area (Å²) < 4.78 is 0. The Bertz CT molecular complexity index is 203. The van der Waals surface area contributed by atoms with Gasteiger partial charge in [0.25, 0.3) is 0 Å². The van der Waals surface area contributed by atoms with Crippen molar-refractivity contribution in [2.45, 2.75) is 71.6 Å². The van der Waals surface area contributed by atoms with Crippen LogP contribution in [0, 0.1) is 5.41 Å². The van der Waals surface area contributed by atoms with Crippen LogP contribution in [0.25, 0.3) is 0 Å². The largest absolute Gasteiger partial charge is 0.303 e. The van der Waals surface area contributed by atoms with Crippen molar-refractivity contribution < 1.29 is 0 Å². The minimum Gasteiger partial charge on any atom is -0.303 e. The second-order valence-electron chi connectivity index (χ2n) is 6.71. The van der Waals surface area contributed by atoms with E-state index in [0.29, 0.717) is 5.41 Å². The summed E-state index contributed by atoms with van der Waals surface area (Å²) in [7, 11) is 0. The molecule has 0 radical (unpaired) electrons. The van der Waals surface area contributed by atoms with Gasteiger partial charge in [-0.3, -0.25) is 0 Å². The van der Waals surface area contributed by atoms with E-state index in [-0.39, 0.29) is 0 Å². The number of rotatable bonds is 9. The van der Waals surface area contributed by atoms with Crippen molar-refractivity contribution in [3.05, 3.63) is 0 Å². The van der Waals surface area contributed by atoms with Gasteiger partial charge in [0.15, 0.2) is 0 Å². The number of alkyl halides is 1. The quantitative estimate of drug-likeness (QED) is 0.415. The fourth-order valence-corrected chi connectivity index (χ4v) is 3.45. The third-order valence-electron chi connectivity index (χ3n) is 4.09. The molecule has 1 fully saturated rings. The number of unbranched alkanes of at least 4 members (excludes halogenated alkanes) is 6. The summed E-state index contributed by atoms with van der Waals surface area (Å²) in [4.78, 5) is 2.69. The first-order valence-electron chi connectivity index (χ1n) is 7.92. The van der Waals surface area contributed by atoms with Gasteiger partial charge in [-0.05, 0) is 44.2 Å². The van der Waals surface area contributed by atoms with Crippen LogP contribution in [-0.4, -0.2) is 29.9 Å². The monoisotopic (exact) mass is 317 g/mol. The average molecular weight is 318 g/mol. The molecule has 1 rings (SSSR count). The molecule has 108 valence electrons. The van der Waals surface area contributed by atoms with E-state index in [4.69, 9.17) is 0 Å². The molecule has 0 aromatic rings. The van der Waals surface area contributed by atoms with Gasteiger partial charge in [-0.25, -0.2) is 0 Å². The van der Waals surface area contributed by atoms with Crippen LogP contribution in [0.3, 0.4) is 0 Å². The fourth-order valence-electron chi connectivity index (χ4n) is 3.05. The van der Waals surface area contributed by atoms with Gasteiger partial charge in [0.05, 0.1) is 0 Å². The molecule has 18 heavy (non-hydrogen) atoms. The maximum atomic E-state index is 3.49. The Hall–Kier alpha value is 0.440. The van der Waals surface area contributed by atoms with Crippen LogP contribution >= 0.6 is 15.9 Å². The molecule has 0 unspecified atom stereocenters. The van der Waals surface area contributed by atoms with Crippen LogP contribution < -0.4 is 0 Å². The van der Waals surface area contributed by atoms with Gasteiger partial charge in [-0.1, -0.05) is 61.9 Å². The molecule has 0 aromatic carbocycles. The second kappa shape index (κ2) is 9.36. The molecular formula is C16H32BrN. The van der Waals surface area contributed by atoms with Gasteiger partial charge in [0.2, 0.25) is 0 Å². The molecule has 0 aliphatic carbocycles. The summed E-state index contributed by atoms with van der Waals surface area (Å²) >= 11 is 3.49. The molecule has 1 heterocycles. The van der Waals surface area contributed by atoms with Crippen LogP contribution in [0.4, 0.5) is 0 Å². The van der Waals surface area contributed by atoms with Crippen LogP contribution in [-0.2, 0) is 0 Å². The Balaban J connectivity index is 1.91. The fraction of sp³-hybridized carbons (Fsp3) is 1.00. The third kappa shape index (κ3) is 7.78. The SMILES string of the molecule is CC1(C)CCCN(CCCCCCCCCBr)C1. The van der Waals surface area contributed by atoms with E-state index in [1.165, 1.54) is 82.8 Å². The van der Waals surface area contributed by atoms with E-state index in [1.807, 2.05) is 0 Å². The summed E-state index contributed by atoms with van der Waals surface area (Å²) in [6.07, 6.45) is 12.7. The molecule has 2 heteroatoms. The van der Waals surface area contributed by atoms with Crippen molar-refractivity contribution in [2.75, 3.05) is 25.0 Å². The number of piperidine rings is 1. The number of likely N-dealkylation sites (tertiary alicyclic amines) is 1. The van der Waals surface area contributed by atoms with Crippen molar-refractivity contribution >= 4 is 15.9 Å². The highest BCUT2D eigenvalue weighted by molar-refractivity contribution is 9.09. The zero-order valence-corrected chi connectivity index (χ0v) is 14.1. The Kier molecular flexibility index (Phi) is 8.58. The van der Waals surface area contributed by atoms with Crippen molar-refractivity contribution in [2.24, 2.45) is 5.41 Å². The van der Waals surface area contributed by atoms with Crippen LogP contribution in [0.2, 0.25) is 0 Å². The summed E-state index contributed by atoms with van der Waals surface area (Å²) in [5.74, 6) is 0. The number of hydrogen-bond acceptors (Lipinski definition) is 1. The summed E-state index contributed by atoms with van der Waals surface area (Å²) in [6.45, 7) is 8.84. The van der Waals surface area contributed by atoms with Gasteiger partial charge in [0, 0.05) is 11.9 Å². The first kappa shape index (κ1) is 16.5. The summed E-state index contributed by atoms with van der Waals surface area (Å²) in [5.41, 5.74) is 0.563. The summed E-state index contributed by atoms with van der Waals surface area (Å²) in [5, 5.41) is 1.18. The normalized spacial score (nSPS) is 20.2. The van der Waals surface area contributed by atoms with Gasteiger partial charge in [-0.2, -0.15) is 0 Å². The molecule has 1 aliphatic heterocycles. The van der Waals surface area contributed by atoms with E-state index < -0.39 is 0 Å². The zero-order valence-electron chi connectivity index (χ0n) is 12.5. The van der Waals surface area contributed by atoms with Gasteiger partial charge in [0.1, 0.15) is 0 Å². The molecule has 1 nitrogen and oxygen atoms in total. The minimum atomic E-state index is 0.563. The summed E-state index contributed by atoms with van der Waals surface area (Å²) in [6, 6.07) is 0. The lowest BCUT2D eigenvalue weighted by Gasteiger charge is -2.38. The highest BCUT2D eigenvalue weighted by atomic mass is 79.9. The van der Waals surface area contributed by atoms with Crippen LogP contribution in [0.15, 0.2) is 0 Å². The third-order valence-corrected chi connectivity index (χ3v) is 4.65. The van der Waals surface area contributed by atoms with Gasteiger partial charge in [-0.15, -0.1) is 0 Å². The van der Waals surface area contributed by atoms with E-state index in [1.54, 1.807) is 0 Å². The van der Waals surface area contributed by atoms with Gasteiger partial charge < -0.3 is 4.90 Å². The lowest BCUT2D eigenvalue weighted by Crippen LogP contribution is -2.40. The second-order valence-corrected chi connectivity index (χ2v) is 7.50. The lowest BCUT2D eigenvalue weighted by atomic mass is 9.84. The van der Waals surface area contributed by atoms with Gasteiger partial charge >= 0.3 is 0 Å². The first-order valence-corrected chi connectivity index (χ1v) is 9.04. The highest BCUT2D eigenvalue weighted by Gasteiger charge is 2.25. The zero-order chi connectivity index (χ0) is 13.3. The Labute approximate surface area is 123 Å². The Morgan fingerprint density at radius 2 is 1.56 bits per heavy atom. The molecule has 0 atom stereocenters. The van der Waals surface area contributed by atoms with Crippen molar-refractivity contribution in [1.82, 2.24) is 4.90 Å². The van der Waals surface area contributed by atoms with E-state index in [9.17, 15) is 0 Å². The number of halogens is 1. The molecule has 1 aliphatic rings. The molecular weight excluding hydrogens is 286 g/mol. The molecule has 0 saturated carbocycles. The van der Waals surface area contributed by atoms with Crippen molar-refractivity contribution in [3.8, 4) is 0 Å². The predicted octanol–water partition coefficient (Wildman–Crippen LogP) is 5.23. The average Bonchev–Trinajstić information content (AvgIpc) is 2.31. The Morgan fingerprint density at radius 1 is 0.944 bits per heavy atom. The maximum absolute atomic E-state index is 3.49. The molecule has 0 aromatic heterocycles. The van der Waals surface area contributed by atoms with E-state index in [2.05, 4.69) is 34.7 Å². The number of hydrogen-bond donors (Lipinski definition) is 0. The lowest BCUT2D eigenvalue weighted by molar-refractivity contribution is 0.116. The Morgan fingerprint density at radius 3 is 2.17 bits per heavy atom. The van der Waals surface area contributed by atoms with Crippen molar-refractivity contribution in [3.63, 3.8) is 0 Å². The smallest absolute Gasteiger partial charge is 0.00327 e. The standard InChI is InChI=1S/C16H32BrN/c1-16(2)11-10-14-18(15-16)13-9-7-5-3-4-6-8-12-17/h3-15H2,1-2H3. The molecule has 0 N–H and O–H groups in total. The minimum absolute atomic E-state index is 0.563. The highest BCUT2D eigenvalue weighted by Crippen LogP contribution is 2.28. The first-order chi connectivity index (χ1) is 8.64. The molecule has 0 spiro atoms. The topological polar surface area (TPSA) is 3.24 Å². The van der Waals surface area contributed by atoms with E-state index in [0.717, 1.165) is 0 Å². The van der Waals surface area contributed by atoms with E-state index >= 15 is 0 Å². The molecule has 0 bridgehead atoms. The predicted molar refractivity (Wildman–Crippen MR) is 85.6 cm³/mol. The molecule has 0 amide bonds. The van der Waals surface area contributed by atoms with Crippen molar-refractivity contribution in [1.29, 1.82) is 0 Å². The maximum Gasteiger partial charge on any atom is 0.00327 e.